The van der Waals surface area contributed by atoms with Gasteiger partial charge in [-0.1, -0.05) is 13.8 Å². The summed E-state index contributed by atoms with van der Waals surface area (Å²) in [7, 11) is 1.78. The predicted molar refractivity (Wildman–Crippen MR) is 69.9 cm³/mol. The molecule has 0 radical (unpaired) electrons. The van der Waals surface area contributed by atoms with Crippen LogP contribution < -0.4 is 10.6 Å². The van der Waals surface area contributed by atoms with Crippen LogP contribution in [0.25, 0.3) is 0 Å². The van der Waals surface area contributed by atoms with Gasteiger partial charge in [-0.15, -0.1) is 0 Å². The largest absolute Gasteiger partial charge is 0.381 e. The van der Waals surface area contributed by atoms with Crippen molar-refractivity contribution in [3.8, 4) is 0 Å². The van der Waals surface area contributed by atoms with Crippen molar-refractivity contribution >= 4 is 5.96 Å². The van der Waals surface area contributed by atoms with Gasteiger partial charge >= 0.3 is 0 Å². The van der Waals surface area contributed by atoms with Gasteiger partial charge in [0.15, 0.2) is 5.96 Å². The summed E-state index contributed by atoms with van der Waals surface area (Å²) in [5, 5.41) is 6.48. The lowest BCUT2D eigenvalue weighted by Crippen LogP contribution is -2.41. The minimum atomic E-state index is 0.406. The average molecular weight is 229 g/mol. The maximum atomic E-state index is 5.49. The van der Waals surface area contributed by atoms with Crippen molar-refractivity contribution in [1.29, 1.82) is 0 Å². The number of hydrogen-bond donors (Lipinski definition) is 2. The third-order valence-electron chi connectivity index (χ3n) is 1.86. The van der Waals surface area contributed by atoms with Crippen molar-refractivity contribution in [3.05, 3.63) is 0 Å². The van der Waals surface area contributed by atoms with E-state index in [4.69, 9.17) is 4.74 Å². The summed E-state index contributed by atoms with van der Waals surface area (Å²) in [6, 6.07) is 0.406. The Kier molecular flexibility index (Phi) is 9.00. The Labute approximate surface area is 99.9 Å². The summed E-state index contributed by atoms with van der Waals surface area (Å²) < 4.78 is 5.49. The lowest BCUT2D eigenvalue weighted by atomic mass is 10.2. The molecule has 0 atom stereocenters. The van der Waals surface area contributed by atoms with E-state index in [1.54, 1.807) is 7.05 Å². The van der Waals surface area contributed by atoms with Crippen molar-refractivity contribution < 1.29 is 4.74 Å². The van der Waals surface area contributed by atoms with E-state index in [1.165, 1.54) is 0 Å². The molecule has 16 heavy (non-hydrogen) atoms. The maximum absolute atomic E-state index is 5.49. The first kappa shape index (κ1) is 15.2. The zero-order valence-electron chi connectivity index (χ0n) is 11.3. The molecule has 0 rings (SSSR count). The smallest absolute Gasteiger partial charge is 0.191 e. The van der Waals surface area contributed by atoms with Gasteiger partial charge in [-0.05, 0) is 26.2 Å². The molecule has 0 aromatic carbocycles. The number of rotatable bonds is 7. The van der Waals surface area contributed by atoms with Crippen LogP contribution in [0.4, 0.5) is 0 Å². The number of guanidine groups is 1. The molecule has 2 N–H and O–H groups in total. The zero-order valence-corrected chi connectivity index (χ0v) is 11.3. The lowest BCUT2D eigenvalue weighted by molar-refractivity contribution is 0.108. The number of hydrogen-bond acceptors (Lipinski definition) is 2. The van der Waals surface area contributed by atoms with Gasteiger partial charge in [0.05, 0.1) is 0 Å². The standard InChI is InChI=1S/C12H27N3O/c1-10(2)9-16-8-6-7-14-12(13-5)15-11(3)4/h10-11H,6-9H2,1-5H3,(H2,13,14,15). The number of aliphatic imine (C=N–C) groups is 1. The highest BCUT2D eigenvalue weighted by Crippen LogP contribution is 1.92. The van der Waals surface area contributed by atoms with E-state index in [0.29, 0.717) is 12.0 Å². The van der Waals surface area contributed by atoms with Gasteiger partial charge in [0.2, 0.25) is 0 Å². The minimum Gasteiger partial charge on any atom is -0.381 e. The van der Waals surface area contributed by atoms with Gasteiger partial charge in [-0.25, -0.2) is 0 Å². The molecule has 0 aliphatic heterocycles. The first-order valence-corrected chi connectivity index (χ1v) is 6.11. The Morgan fingerprint density at radius 2 is 1.94 bits per heavy atom. The van der Waals surface area contributed by atoms with Crippen LogP contribution in [0.3, 0.4) is 0 Å². The summed E-state index contributed by atoms with van der Waals surface area (Å²) in [6.07, 6.45) is 1.01. The highest BCUT2D eigenvalue weighted by Gasteiger charge is 1.99. The van der Waals surface area contributed by atoms with E-state index in [9.17, 15) is 0 Å². The molecule has 0 fully saturated rings. The van der Waals surface area contributed by atoms with Gasteiger partial charge in [-0.2, -0.15) is 0 Å². The molecule has 0 aromatic heterocycles. The zero-order chi connectivity index (χ0) is 12.4. The van der Waals surface area contributed by atoms with Crippen molar-refractivity contribution in [3.63, 3.8) is 0 Å². The van der Waals surface area contributed by atoms with Crippen LogP contribution >= 0.6 is 0 Å². The Bertz CT molecular complexity index is 191. The highest BCUT2D eigenvalue weighted by atomic mass is 16.5. The Morgan fingerprint density at radius 3 is 2.44 bits per heavy atom. The van der Waals surface area contributed by atoms with Crippen molar-refractivity contribution in [2.45, 2.75) is 40.2 Å². The summed E-state index contributed by atoms with van der Waals surface area (Å²) in [5.74, 6) is 1.47. The molecule has 0 aliphatic rings. The fourth-order valence-electron chi connectivity index (χ4n) is 1.17. The monoisotopic (exact) mass is 229 g/mol. The highest BCUT2D eigenvalue weighted by molar-refractivity contribution is 5.79. The number of nitrogens with one attached hydrogen (secondary N) is 2. The quantitative estimate of drug-likeness (QED) is 0.396. The Balaban J connectivity index is 3.42. The molecular weight excluding hydrogens is 202 g/mol. The molecule has 0 aromatic rings. The SMILES string of the molecule is CN=C(NCCCOCC(C)C)NC(C)C. The van der Waals surface area contributed by atoms with Gasteiger partial charge in [0.1, 0.15) is 0 Å². The molecule has 0 bridgehead atoms. The summed E-state index contributed by atoms with van der Waals surface area (Å²) in [4.78, 5) is 4.13. The normalized spacial score (nSPS) is 12.3. The molecule has 0 unspecified atom stereocenters. The lowest BCUT2D eigenvalue weighted by Gasteiger charge is -2.14. The first-order valence-electron chi connectivity index (χ1n) is 6.11. The number of nitrogens with zero attached hydrogens (tertiary/aromatic N) is 1. The molecule has 4 heteroatoms. The Hall–Kier alpha value is -0.770. The molecule has 0 aliphatic carbocycles. The van der Waals surface area contributed by atoms with Gasteiger partial charge in [-0.3, -0.25) is 4.99 Å². The van der Waals surface area contributed by atoms with Crippen LogP contribution in [-0.4, -0.2) is 38.8 Å². The van der Waals surface area contributed by atoms with Crippen LogP contribution in [0, 0.1) is 5.92 Å². The third kappa shape index (κ3) is 9.77. The topological polar surface area (TPSA) is 45.7 Å². The van der Waals surface area contributed by atoms with Gasteiger partial charge in [0, 0.05) is 32.8 Å². The average Bonchev–Trinajstić information content (AvgIpc) is 2.20. The second-order valence-corrected chi connectivity index (χ2v) is 4.62. The minimum absolute atomic E-state index is 0.406. The second-order valence-electron chi connectivity index (χ2n) is 4.62. The van der Waals surface area contributed by atoms with Crippen molar-refractivity contribution in [2.24, 2.45) is 10.9 Å². The van der Waals surface area contributed by atoms with E-state index >= 15 is 0 Å². The molecule has 0 saturated heterocycles. The maximum Gasteiger partial charge on any atom is 0.191 e. The van der Waals surface area contributed by atoms with E-state index in [0.717, 1.165) is 32.1 Å². The summed E-state index contributed by atoms with van der Waals surface area (Å²) in [6.45, 7) is 11.1. The molecule has 0 saturated carbocycles. The van der Waals surface area contributed by atoms with E-state index in [-0.39, 0.29) is 0 Å². The van der Waals surface area contributed by atoms with Gasteiger partial charge < -0.3 is 15.4 Å². The fourth-order valence-corrected chi connectivity index (χ4v) is 1.17. The van der Waals surface area contributed by atoms with Crippen LogP contribution in [0.1, 0.15) is 34.1 Å². The molecule has 0 spiro atoms. The fraction of sp³-hybridized carbons (Fsp3) is 0.917. The van der Waals surface area contributed by atoms with Crippen LogP contribution in [0.15, 0.2) is 4.99 Å². The summed E-state index contributed by atoms with van der Waals surface area (Å²) in [5.41, 5.74) is 0. The molecule has 0 heterocycles. The van der Waals surface area contributed by atoms with Gasteiger partial charge in [0.25, 0.3) is 0 Å². The van der Waals surface area contributed by atoms with E-state index in [2.05, 4.69) is 43.3 Å². The third-order valence-corrected chi connectivity index (χ3v) is 1.86. The summed E-state index contributed by atoms with van der Waals surface area (Å²) >= 11 is 0. The van der Waals surface area contributed by atoms with Crippen LogP contribution in [-0.2, 0) is 4.74 Å². The second kappa shape index (κ2) is 9.46. The molecule has 96 valence electrons. The molecule has 0 amide bonds. The van der Waals surface area contributed by atoms with E-state index < -0.39 is 0 Å². The Morgan fingerprint density at radius 1 is 1.25 bits per heavy atom. The van der Waals surface area contributed by atoms with Crippen LogP contribution in [0.2, 0.25) is 0 Å². The predicted octanol–water partition coefficient (Wildman–Crippen LogP) is 1.62. The van der Waals surface area contributed by atoms with Crippen molar-refractivity contribution in [1.82, 2.24) is 10.6 Å². The van der Waals surface area contributed by atoms with Crippen molar-refractivity contribution in [2.75, 3.05) is 26.8 Å². The van der Waals surface area contributed by atoms with Crippen LogP contribution in [0.5, 0.6) is 0 Å². The first-order chi connectivity index (χ1) is 7.56. The molecular formula is C12H27N3O. The van der Waals surface area contributed by atoms with E-state index in [1.807, 2.05) is 0 Å². The number of ether oxygens (including phenoxy) is 1. The molecule has 4 nitrogen and oxygen atoms in total.